The third-order valence-electron chi connectivity index (χ3n) is 2.47. The van der Waals surface area contributed by atoms with E-state index in [2.05, 4.69) is 10.5 Å². The van der Waals surface area contributed by atoms with Crippen molar-refractivity contribution in [3.63, 3.8) is 0 Å². The number of methoxy groups -OCH3 is 1. The van der Waals surface area contributed by atoms with Crippen molar-refractivity contribution in [2.24, 2.45) is 5.10 Å². The number of hydrazone groups is 1. The van der Waals surface area contributed by atoms with Gasteiger partial charge in [0.2, 0.25) is 5.91 Å². The monoisotopic (exact) mass is 219 g/mol. The maximum absolute atomic E-state index is 10.9. The summed E-state index contributed by atoms with van der Waals surface area (Å²) < 4.78 is 5.07. The summed E-state index contributed by atoms with van der Waals surface area (Å²) in [5, 5.41) is 4.00. The smallest absolute Gasteiger partial charge is 0.240 e. The molecular formula is C11H13N3O2. The van der Waals surface area contributed by atoms with Gasteiger partial charge in [0.15, 0.2) is 0 Å². The molecule has 1 aromatic carbocycles. The molecule has 0 atom stereocenters. The van der Waals surface area contributed by atoms with E-state index >= 15 is 0 Å². The molecule has 5 nitrogen and oxygen atoms in total. The summed E-state index contributed by atoms with van der Waals surface area (Å²) in [7, 11) is 1.57. The van der Waals surface area contributed by atoms with Crippen LogP contribution in [0.25, 0.3) is 0 Å². The van der Waals surface area contributed by atoms with Gasteiger partial charge >= 0.3 is 0 Å². The van der Waals surface area contributed by atoms with Gasteiger partial charge in [-0.3, -0.25) is 4.79 Å². The summed E-state index contributed by atoms with van der Waals surface area (Å²) in [5.41, 5.74) is 10.6. The quantitative estimate of drug-likeness (QED) is 0.725. The average molecular weight is 219 g/mol. The summed E-state index contributed by atoms with van der Waals surface area (Å²) in [6.45, 7) is 0. The molecule has 0 radical (unpaired) electrons. The molecule has 0 saturated heterocycles. The molecule has 1 aliphatic rings. The summed E-state index contributed by atoms with van der Waals surface area (Å²) in [6.07, 6.45) is 1.10. The fourth-order valence-electron chi connectivity index (χ4n) is 1.60. The number of rotatable bonds is 2. The van der Waals surface area contributed by atoms with Gasteiger partial charge in [-0.25, -0.2) is 5.43 Å². The fraction of sp³-hybridized carbons (Fsp3) is 0.273. The highest BCUT2D eigenvalue weighted by molar-refractivity contribution is 6.04. The van der Waals surface area contributed by atoms with Gasteiger partial charge in [-0.2, -0.15) is 5.10 Å². The van der Waals surface area contributed by atoms with Crippen molar-refractivity contribution in [3.05, 3.63) is 23.8 Å². The molecule has 1 amide bonds. The largest absolute Gasteiger partial charge is 0.495 e. The summed E-state index contributed by atoms with van der Waals surface area (Å²) >= 11 is 0. The van der Waals surface area contributed by atoms with Gasteiger partial charge in [-0.05, 0) is 18.2 Å². The van der Waals surface area contributed by atoms with Crippen LogP contribution < -0.4 is 15.9 Å². The number of anilines is 1. The lowest BCUT2D eigenvalue weighted by molar-refractivity contribution is -0.121. The maximum atomic E-state index is 10.9. The van der Waals surface area contributed by atoms with E-state index in [1.807, 2.05) is 6.07 Å². The Morgan fingerprint density at radius 3 is 2.81 bits per heavy atom. The highest BCUT2D eigenvalue weighted by atomic mass is 16.5. The Bertz CT molecular complexity index is 455. The van der Waals surface area contributed by atoms with Crippen molar-refractivity contribution < 1.29 is 9.53 Å². The SMILES string of the molecule is COc1ccc(C2=NNC(=O)CC2)cc1N. The molecule has 1 aromatic rings. The Morgan fingerprint density at radius 1 is 1.44 bits per heavy atom. The van der Waals surface area contributed by atoms with E-state index in [0.717, 1.165) is 11.3 Å². The zero-order valence-corrected chi connectivity index (χ0v) is 8.99. The number of carbonyl (C=O) groups is 1. The first kappa shape index (κ1) is 10.5. The number of nitrogens with one attached hydrogen (secondary N) is 1. The normalized spacial score (nSPS) is 15.3. The van der Waals surface area contributed by atoms with Crippen molar-refractivity contribution in [1.82, 2.24) is 5.43 Å². The maximum Gasteiger partial charge on any atom is 0.240 e. The van der Waals surface area contributed by atoms with Crippen LogP contribution in [0.5, 0.6) is 5.75 Å². The summed E-state index contributed by atoms with van der Waals surface area (Å²) in [4.78, 5) is 10.9. The summed E-state index contributed by atoms with van der Waals surface area (Å²) in [6, 6.07) is 5.48. The van der Waals surface area contributed by atoms with Gasteiger partial charge in [0.05, 0.1) is 18.5 Å². The third-order valence-corrected chi connectivity index (χ3v) is 2.47. The van der Waals surface area contributed by atoms with Crippen LogP contribution in [0.15, 0.2) is 23.3 Å². The first-order valence-corrected chi connectivity index (χ1v) is 5.00. The van der Waals surface area contributed by atoms with Crippen molar-refractivity contribution in [1.29, 1.82) is 0 Å². The van der Waals surface area contributed by atoms with Crippen molar-refractivity contribution in [2.45, 2.75) is 12.8 Å². The van der Waals surface area contributed by atoms with E-state index in [1.165, 1.54) is 0 Å². The van der Waals surface area contributed by atoms with E-state index in [1.54, 1.807) is 19.2 Å². The van der Waals surface area contributed by atoms with Crippen molar-refractivity contribution in [3.8, 4) is 5.75 Å². The van der Waals surface area contributed by atoms with Crippen LogP contribution >= 0.6 is 0 Å². The van der Waals surface area contributed by atoms with Crippen LogP contribution in [-0.2, 0) is 4.79 Å². The van der Waals surface area contributed by atoms with Gasteiger partial charge in [0.1, 0.15) is 5.75 Å². The molecule has 5 heteroatoms. The third kappa shape index (κ3) is 1.98. The lowest BCUT2D eigenvalue weighted by Crippen LogP contribution is -2.25. The second-order valence-corrected chi connectivity index (χ2v) is 3.55. The second-order valence-electron chi connectivity index (χ2n) is 3.55. The molecule has 3 N–H and O–H groups in total. The van der Waals surface area contributed by atoms with Crippen LogP contribution in [0.2, 0.25) is 0 Å². The van der Waals surface area contributed by atoms with Crippen molar-refractivity contribution >= 4 is 17.3 Å². The van der Waals surface area contributed by atoms with Crippen molar-refractivity contribution in [2.75, 3.05) is 12.8 Å². The number of hydrogen-bond acceptors (Lipinski definition) is 4. The van der Waals surface area contributed by atoms with Crippen LogP contribution in [0.1, 0.15) is 18.4 Å². The molecule has 0 spiro atoms. The number of hydrogen-bond donors (Lipinski definition) is 2. The molecule has 16 heavy (non-hydrogen) atoms. The molecule has 0 aromatic heterocycles. The van der Waals surface area contributed by atoms with E-state index in [4.69, 9.17) is 10.5 Å². The topological polar surface area (TPSA) is 76.7 Å². The number of carbonyl (C=O) groups excluding carboxylic acids is 1. The Morgan fingerprint density at radius 2 is 2.25 bits per heavy atom. The second kappa shape index (κ2) is 4.22. The first-order valence-electron chi connectivity index (χ1n) is 5.00. The minimum atomic E-state index is -0.0507. The number of nitrogen functional groups attached to an aromatic ring is 1. The number of amides is 1. The highest BCUT2D eigenvalue weighted by Gasteiger charge is 2.14. The predicted octanol–water partition coefficient (Wildman–Crippen LogP) is 0.891. The predicted molar refractivity (Wildman–Crippen MR) is 61.3 cm³/mol. The van der Waals surface area contributed by atoms with Gasteiger partial charge in [0, 0.05) is 18.4 Å². The minimum absolute atomic E-state index is 0.0507. The number of nitrogens with zero attached hydrogens (tertiary/aromatic N) is 1. The zero-order valence-electron chi connectivity index (χ0n) is 8.99. The van der Waals surface area contributed by atoms with Gasteiger partial charge in [0.25, 0.3) is 0 Å². The van der Waals surface area contributed by atoms with Crippen LogP contribution in [0, 0.1) is 0 Å². The van der Waals surface area contributed by atoms with E-state index in [9.17, 15) is 4.79 Å². The minimum Gasteiger partial charge on any atom is -0.495 e. The fourth-order valence-corrected chi connectivity index (χ4v) is 1.60. The van der Waals surface area contributed by atoms with Crippen LogP contribution in [0.4, 0.5) is 5.69 Å². The van der Waals surface area contributed by atoms with Crippen LogP contribution in [-0.4, -0.2) is 18.7 Å². The molecule has 0 aliphatic carbocycles. The van der Waals surface area contributed by atoms with E-state index in [0.29, 0.717) is 24.3 Å². The molecule has 2 rings (SSSR count). The highest BCUT2D eigenvalue weighted by Crippen LogP contribution is 2.23. The molecular weight excluding hydrogens is 206 g/mol. The van der Waals surface area contributed by atoms with E-state index in [-0.39, 0.29) is 5.91 Å². The number of nitrogens with two attached hydrogens (primary N) is 1. The lowest BCUT2D eigenvalue weighted by atomic mass is 10.0. The van der Waals surface area contributed by atoms with Gasteiger partial charge in [-0.1, -0.05) is 0 Å². The molecule has 0 unspecified atom stereocenters. The molecule has 1 aliphatic heterocycles. The average Bonchev–Trinajstić information content (AvgIpc) is 2.30. The molecule has 0 saturated carbocycles. The Labute approximate surface area is 93.3 Å². The Hall–Kier alpha value is -2.04. The van der Waals surface area contributed by atoms with Gasteiger partial charge in [-0.15, -0.1) is 0 Å². The zero-order chi connectivity index (χ0) is 11.5. The Balaban J connectivity index is 2.28. The van der Waals surface area contributed by atoms with Crippen LogP contribution in [0.3, 0.4) is 0 Å². The number of ether oxygens (including phenoxy) is 1. The summed E-state index contributed by atoms with van der Waals surface area (Å²) in [5.74, 6) is 0.592. The standard InChI is InChI=1S/C11H13N3O2/c1-16-10-4-2-7(6-8(10)12)9-3-5-11(15)14-13-9/h2,4,6H,3,5,12H2,1H3,(H,14,15). The Kier molecular flexibility index (Phi) is 2.76. The molecule has 0 bridgehead atoms. The molecule has 84 valence electrons. The molecule has 1 heterocycles. The number of benzene rings is 1. The van der Waals surface area contributed by atoms with Gasteiger partial charge < -0.3 is 10.5 Å². The van der Waals surface area contributed by atoms with E-state index < -0.39 is 0 Å². The lowest BCUT2D eigenvalue weighted by Gasteiger charge is -2.13. The molecule has 0 fully saturated rings. The first-order chi connectivity index (χ1) is 7.70.